The summed E-state index contributed by atoms with van der Waals surface area (Å²) in [6.07, 6.45) is 2.42. The van der Waals surface area contributed by atoms with Gasteiger partial charge in [-0.15, -0.1) is 0 Å². The molecule has 1 atom stereocenters. The van der Waals surface area contributed by atoms with E-state index in [1.165, 1.54) is 12.8 Å². The van der Waals surface area contributed by atoms with Gasteiger partial charge in [-0.2, -0.15) is 0 Å². The molecule has 1 saturated heterocycles. The summed E-state index contributed by atoms with van der Waals surface area (Å²) >= 11 is 0. The molecule has 0 bridgehead atoms. The lowest BCUT2D eigenvalue weighted by molar-refractivity contribution is 0.179. The monoisotopic (exact) mass is 182 g/mol. The fourth-order valence-electron chi connectivity index (χ4n) is 2.10. The third-order valence-corrected chi connectivity index (χ3v) is 3.08. The molecule has 0 N–H and O–H groups in total. The number of hydrogen-bond donors (Lipinski definition) is 0. The zero-order chi connectivity index (χ0) is 9.59. The minimum atomic E-state index is 0.237. The van der Waals surface area contributed by atoms with Gasteiger partial charge in [-0.1, -0.05) is 13.8 Å². The normalized spacial score (nSPS) is 29.2. The molecule has 0 aromatic rings. The minimum absolute atomic E-state index is 0.237. The smallest absolute Gasteiger partial charge is 0.320 e. The number of carbonyl (C=O) groups excluding carboxylic acids is 1. The Hall–Kier alpha value is -0.730. The Kier molecular flexibility index (Phi) is 1.97. The standard InChI is InChI=1S/C10H18N2O/c1-7(2)9-6-11(3)10(13)12(9)8-4-5-8/h7-9H,4-6H2,1-3H3. The van der Waals surface area contributed by atoms with E-state index in [-0.39, 0.29) is 6.03 Å². The maximum atomic E-state index is 11.8. The molecule has 1 aliphatic heterocycles. The third kappa shape index (κ3) is 1.40. The molecule has 1 aliphatic carbocycles. The first-order valence-corrected chi connectivity index (χ1v) is 5.14. The van der Waals surface area contributed by atoms with Gasteiger partial charge >= 0.3 is 6.03 Å². The quantitative estimate of drug-likeness (QED) is 0.635. The van der Waals surface area contributed by atoms with E-state index in [0.717, 1.165) is 6.54 Å². The van der Waals surface area contributed by atoms with E-state index in [1.807, 2.05) is 11.9 Å². The van der Waals surface area contributed by atoms with Crippen LogP contribution in [0.15, 0.2) is 0 Å². The summed E-state index contributed by atoms with van der Waals surface area (Å²) in [5.74, 6) is 0.578. The summed E-state index contributed by atoms with van der Waals surface area (Å²) in [7, 11) is 1.90. The highest BCUT2D eigenvalue weighted by molar-refractivity contribution is 5.77. The Bertz CT molecular complexity index is 223. The largest absolute Gasteiger partial charge is 0.326 e. The van der Waals surface area contributed by atoms with Crippen molar-refractivity contribution < 1.29 is 4.79 Å². The fraction of sp³-hybridized carbons (Fsp3) is 0.900. The third-order valence-electron chi connectivity index (χ3n) is 3.08. The van der Waals surface area contributed by atoms with Gasteiger partial charge in [0.2, 0.25) is 0 Å². The second-order valence-electron chi connectivity index (χ2n) is 4.61. The molecule has 74 valence electrons. The van der Waals surface area contributed by atoms with Crippen molar-refractivity contribution in [3.05, 3.63) is 0 Å². The second kappa shape index (κ2) is 2.89. The molecule has 3 heteroatoms. The number of likely N-dealkylation sites (N-methyl/N-ethyl adjacent to an activating group) is 1. The van der Waals surface area contributed by atoms with Gasteiger partial charge in [-0.3, -0.25) is 0 Å². The highest BCUT2D eigenvalue weighted by Crippen LogP contribution is 2.34. The van der Waals surface area contributed by atoms with E-state index >= 15 is 0 Å². The average molecular weight is 182 g/mol. The van der Waals surface area contributed by atoms with Gasteiger partial charge in [0.15, 0.2) is 0 Å². The Balaban J connectivity index is 2.13. The van der Waals surface area contributed by atoms with Crippen molar-refractivity contribution in [1.29, 1.82) is 0 Å². The van der Waals surface area contributed by atoms with E-state index in [9.17, 15) is 4.79 Å². The summed E-state index contributed by atoms with van der Waals surface area (Å²) in [6, 6.07) is 1.25. The number of amides is 2. The van der Waals surface area contributed by atoms with Crippen LogP contribution in [0.25, 0.3) is 0 Å². The number of urea groups is 1. The van der Waals surface area contributed by atoms with E-state index < -0.39 is 0 Å². The van der Waals surface area contributed by atoms with Gasteiger partial charge < -0.3 is 9.80 Å². The molecule has 1 unspecified atom stereocenters. The van der Waals surface area contributed by atoms with Crippen molar-refractivity contribution in [2.24, 2.45) is 5.92 Å². The van der Waals surface area contributed by atoms with Crippen molar-refractivity contribution in [3.63, 3.8) is 0 Å². The zero-order valence-electron chi connectivity index (χ0n) is 8.66. The van der Waals surface area contributed by atoms with Crippen LogP contribution in [0.4, 0.5) is 4.79 Å². The molecule has 3 nitrogen and oxygen atoms in total. The van der Waals surface area contributed by atoms with Crippen LogP contribution < -0.4 is 0 Å². The van der Waals surface area contributed by atoms with Gasteiger partial charge in [0.25, 0.3) is 0 Å². The Labute approximate surface area is 79.7 Å². The Morgan fingerprint density at radius 3 is 2.46 bits per heavy atom. The lowest BCUT2D eigenvalue weighted by Crippen LogP contribution is -2.39. The molecule has 2 rings (SSSR count). The van der Waals surface area contributed by atoms with Gasteiger partial charge in [0, 0.05) is 19.6 Å². The molecule has 0 spiro atoms. The van der Waals surface area contributed by atoms with Crippen molar-refractivity contribution in [3.8, 4) is 0 Å². The summed E-state index contributed by atoms with van der Waals surface area (Å²) in [6.45, 7) is 5.31. The van der Waals surface area contributed by atoms with Crippen LogP contribution in [0.1, 0.15) is 26.7 Å². The zero-order valence-corrected chi connectivity index (χ0v) is 8.66. The van der Waals surface area contributed by atoms with Crippen LogP contribution in [0.5, 0.6) is 0 Å². The Morgan fingerprint density at radius 2 is 2.00 bits per heavy atom. The molecule has 13 heavy (non-hydrogen) atoms. The van der Waals surface area contributed by atoms with Gasteiger partial charge in [0.1, 0.15) is 0 Å². The number of carbonyl (C=O) groups is 1. The summed E-state index contributed by atoms with van der Waals surface area (Å²) in [5, 5.41) is 0. The summed E-state index contributed by atoms with van der Waals surface area (Å²) in [4.78, 5) is 15.7. The SMILES string of the molecule is CC(C)C1CN(C)C(=O)N1C1CC1. The average Bonchev–Trinajstić information content (AvgIpc) is 2.82. The molecule has 1 saturated carbocycles. The van der Waals surface area contributed by atoms with E-state index in [4.69, 9.17) is 0 Å². The predicted octanol–water partition coefficient (Wildman–Crippen LogP) is 1.54. The molecular weight excluding hydrogens is 164 g/mol. The first kappa shape index (κ1) is 8.85. The molecule has 0 aromatic heterocycles. The van der Waals surface area contributed by atoms with Crippen LogP contribution in [-0.2, 0) is 0 Å². The second-order valence-corrected chi connectivity index (χ2v) is 4.61. The topological polar surface area (TPSA) is 23.6 Å². The number of rotatable bonds is 2. The van der Waals surface area contributed by atoms with Crippen LogP contribution in [-0.4, -0.2) is 41.5 Å². The van der Waals surface area contributed by atoms with E-state index in [0.29, 0.717) is 18.0 Å². The number of hydrogen-bond acceptors (Lipinski definition) is 1. The van der Waals surface area contributed by atoms with Crippen molar-refractivity contribution >= 4 is 6.03 Å². The van der Waals surface area contributed by atoms with Crippen molar-refractivity contribution in [2.75, 3.05) is 13.6 Å². The first-order chi connectivity index (χ1) is 6.11. The minimum Gasteiger partial charge on any atom is -0.326 e. The van der Waals surface area contributed by atoms with Crippen LogP contribution in [0.2, 0.25) is 0 Å². The maximum absolute atomic E-state index is 11.8. The lowest BCUT2D eigenvalue weighted by atomic mass is 10.0. The molecule has 2 amide bonds. The van der Waals surface area contributed by atoms with Crippen molar-refractivity contribution in [1.82, 2.24) is 9.80 Å². The predicted molar refractivity (Wildman–Crippen MR) is 51.5 cm³/mol. The highest BCUT2D eigenvalue weighted by Gasteiger charge is 2.44. The van der Waals surface area contributed by atoms with Gasteiger partial charge in [-0.25, -0.2) is 4.79 Å². The maximum Gasteiger partial charge on any atom is 0.320 e. The summed E-state index contributed by atoms with van der Waals surface area (Å²) in [5.41, 5.74) is 0. The molecular formula is C10H18N2O. The van der Waals surface area contributed by atoms with Crippen LogP contribution in [0, 0.1) is 5.92 Å². The number of nitrogens with zero attached hydrogens (tertiary/aromatic N) is 2. The molecule has 2 fully saturated rings. The lowest BCUT2D eigenvalue weighted by Gasteiger charge is -2.25. The van der Waals surface area contributed by atoms with Gasteiger partial charge in [-0.05, 0) is 18.8 Å². The van der Waals surface area contributed by atoms with Gasteiger partial charge in [0.05, 0.1) is 6.04 Å². The molecule has 0 aromatic carbocycles. The van der Waals surface area contributed by atoms with Crippen molar-refractivity contribution in [2.45, 2.75) is 38.8 Å². The van der Waals surface area contributed by atoms with Crippen LogP contribution >= 0.6 is 0 Å². The molecule has 2 aliphatic rings. The van der Waals surface area contributed by atoms with E-state index in [2.05, 4.69) is 18.7 Å². The van der Waals surface area contributed by atoms with Crippen LogP contribution in [0.3, 0.4) is 0 Å². The Morgan fingerprint density at radius 1 is 1.38 bits per heavy atom. The van der Waals surface area contributed by atoms with E-state index in [1.54, 1.807) is 0 Å². The summed E-state index contributed by atoms with van der Waals surface area (Å²) < 4.78 is 0. The fourth-order valence-corrected chi connectivity index (χ4v) is 2.10. The molecule has 0 radical (unpaired) electrons. The molecule has 1 heterocycles. The first-order valence-electron chi connectivity index (χ1n) is 5.14. The highest BCUT2D eigenvalue weighted by atomic mass is 16.2.